The first-order valence-corrected chi connectivity index (χ1v) is 17.4. The lowest BCUT2D eigenvalue weighted by Crippen LogP contribution is -2.30. The number of hydrogen-bond acceptors (Lipinski definition) is 2. The maximum atomic E-state index is 6.91. The van der Waals surface area contributed by atoms with Gasteiger partial charge in [-0.1, -0.05) is 94.4 Å². The molecule has 232 valence electrons. The fourth-order valence-corrected chi connectivity index (χ4v) is 7.97. The Hall–Kier alpha value is -4.93. The normalized spacial score (nSPS) is 12.0. The second-order valence-electron chi connectivity index (χ2n) is 13.3. The number of thiophene rings is 1. The molecule has 0 fully saturated rings. The standard InChI is InChI=1S/C43H39N2OS/c1-26(2)34-23-31(29-13-8-7-9-14-29)24-35(27(3)4)41(34)45-37-16-11-10-15-36(37)44(6)43(45)40-28(5)18-20-33-32-21-19-30(39-17-12-22-47-39)25-38(32)46-42(33)40/h7-27H,1-6H3/q+1. The minimum atomic E-state index is 0.309. The first kappa shape index (κ1) is 29.5. The van der Waals surface area contributed by atoms with Crippen LogP contribution >= 0.6 is 11.3 Å². The summed E-state index contributed by atoms with van der Waals surface area (Å²) in [6.45, 7) is 11.5. The third-order valence-electron chi connectivity index (χ3n) is 9.64. The molecule has 3 nitrogen and oxygen atoms in total. The number of aryl methyl sites for hydroxylation is 2. The molecule has 0 N–H and O–H groups in total. The number of benzene rings is 5. The van der Waals surface area contributed by atoms with E-state index in [9.17, 15) is 0 Å². The van der Waals surface area contributed by atoms with E-state index in [0.29, 0.717) is 11.8 Å². The predicted octanol–water partition coefficient (Wildman–Crippen LogP) is 12.0. The smallest absolute Gasteiger partial charge is 0.299 e. The minimum Gasteiger partial charge on any atom is -0.455 e. The molecule has 0 saturated carbocycles. The van der Waals surface area contributed by atoms with Crippen molar-refractivity contribution in [3.05, 3.63) is 131 Å². The number of hydrogen-bond donors (Lipinski definition) is 0. The number of fused-ring (bicyclic) bond motifs is 4. The molecule has 4 heteroatoms. The lowest BCUT2D eigenvalue weighted by Gasteiger charge is -2.21. The van der Waals surface area contributed by atoms with Gasteiger partial charge in [0.1, 0.15) is 16.8 Å². The first-order valence-electron chi connectivity index (χ1n) is 16.5. The first-order chi connectivity index (χ1) is 22.8. The number of rotatable bonds is 6. The van der Waals surface area contributed by atoms with Crippen LogP contribution in [0.4, 0.5) is 0 Å². The largest absolute Gasteiger partial charge is 0.455 e. The molecular weight excluding hydrogens is 593 g/mol. The molecule has 8 aromatic rings. The molecule has 0 aliphatic carbocycles. The summed E-state index contributed by atoms with van der Waals surface area (Å²) in [5, 5.41) is 4.41. The third kappa shape index (κ3) is 4.73. The van der Waals surface area contributed by atoms with E-state index in [4.69, 9.17) is 4.42 Å². The van der Waals surface area contributed by atoms with Crippen LogP contribution in [0, 0.1) is 6.92 Å². The number of aromatic nitrogens is 2. The molecule has 0 aliphatic rings. The van der Waals surface area contributed by atoms with Crippen LogP contribution in [0.25, 0.3) is 71.6 Å². The molecular formula is C43H39N2OS+. The fourth-order valence-electron chi connectivity index (χ4n) is 7.25. The number of nitrogens with zero attached hydrogens (tertiary/aromatic N) is 2. The average Bonchev–Trinajstić information content (AvgIpc) is 3.81. The van der Waals surface area contributed by atoms with E-state index in [1.165, 1.54) is 55.0 Å². The summed E-state index contributed by atoms with van der Waals surface area (Å²) in [7, 11) is 2.20. The van der Waals surface area contributed by atoms with Crippen molar-refractivity contribution in [2.75, 3.05) is 0 Å². The lowest BCUT2D eigenvalue weighted by molar-refractivity contribution is -0.633. The highest BCUT2D eigenvalue weighted by atomic mass is 32.1. The zero-order valence-electron chi connectivity index (χ0n) is 27.8. The van der Waals surface area contributed by atoms with Crippen molar-refractivity contribution < 1.29 is 8.98 Å². The van der Waals surface area contributed by atoms with Gasteiger partial charge in [0.2, 0.25) is 0 Å². The summed E-state index contributed by atoms with van der Waals surface area (Å²) in [4.78, 5) is 1.25. The molecule has 0 radical (unpaired) electrons. The van der Waals surface area contributed by atoms with Crippen molar-refractivity contribution in [3.8, 4) is 38.6 Å². The van der Waals surface area contributed by atoms with Crippen molar-refractivity contribution in [2.24, 2.45) is 7.05 Å². The summed E-state index contributed by atoms with van der Waals surface area (Å²) >= 11 is 1.76. The van der Waals surface area contributed by atoms with E-state index in [1.807, 2.05) is 0 Å². The highest BCUT2D eigenvalue weighted by Crippen LogP contribution is 2.43. The topological polar surface area (TPSA) is 21.9 Å². The monoisotopic (exact) mass is 631 g/mol. The fraction of sp³-hybridized carbons (Fsp3) is 0.186. The number of imidazole rings is 1. The summed E-state index contributed by atoms with van der Waals surface area (Å²) < 4.78 is 11.8. The maximum absolute atomic E-state index is 6.91. The van der Waals surface area contributed by atoms with Gasteiger partial charge in [-0.25, -0.2) is 4.57 Å². The maximum Gasteiger partial charge on any atom is 0.299 e. The van der Waals surface area contributed by atoms with Gasteiger partial charge < -0.3 is 4.42 Å². The number of furan rings is 1. The van der Waals surface area contributed by atoms with Crippen LogP contribution in [0.15, 0.2) is 119 Å². The molecule has 3 aromatic heterocycles. The van der Waals surface area contributed by atoms with E-state index >= 15 is 0 Å². The molecule has 5 aromatic carbocycles. The lowest BCUT2D eigenvalue weighted by atomic mass is 9.88. The Morgan fingerprint density at radius 3 is 2.09 bits per heavy atom. The van der Waals surface area contributed by atoms with Crippen LogP contribution in [0.1, 0.15) is 56.2 Å². The summed E-state index contributed by atoms with van der Waals surface area (Å²) in [5.41, 5.74) is 14.2. The van der Waals surface area contributed by atoms with Gasteiger partial charge in [0.05, 0.1) is 7.05 Å². The van der Waals surface area contributed by atoms with Crippen LogP contribution < -0.4 is 4.57 Å². The zero-order chi connectivity index (χ0) is 32.4. The van der Waals surface area contributed by atoms with Crippen molar-refractivity contribution in [2.45, 2.75) is 46.5 Å². The minimum absolute atomic E-state index is 0.309. The Bertz CT molecular complexity index is 2400. The van der Waals surface area contributed by atoms with Crippen molar-refractivity contribution in [3.63, 3.8) is 0 Å². The van der Waals surface area contributed by atoms with Crippen LogP contribution in [0.2, 0.25) is 0 Å². The van der Waals surface area contributed by atoms with Crippen molar-refractivity contribution >= 4 is 44.3 Å². The van der Waals surface area contributed by atoms with Gasteiger partial charge >= 0.3 is 0 Å². The van der Waals surface area contributed by atoms with Gasteiger partial charge in [-0.15, -0.1) is 11.3 Å². The Labute approximate surface area is 280 Å². The van der Waals surface area contributed by atoms with Gasteiger partial charge in [0.25, 0.3) is 5.82 Å². The Morgan fingerprint density at radius 1 is 0.681 bits per heavy atom. The van der Waals surface area contributed by atoms with E-state index in [0.717, 1.165) is 33.3 Å². The molecule has 0 atom stereocenters. The third-order valence-corrected chi connectivity index (χ3v) is 10.6. The molecule has 8 rings (SSSR count). The van der Waals surface area contributed by atoms with E-state index < -0.39 is 0 Å². The molecule has 0 aliphatic heterocycles. The predicted molar refractivity (Wildman–Crippen MR) is 199 cm³/mol. The summed E-state index contributed by atoms with van der Waals surface area (Å²) in [6.07, 6.45) is 0. The summed E-state index contributed by atoms with van der Waals surface area (Å²) in [6, 6.07) is 39.8. The molecule has 0 unspecified atom stereocenters. The van der Waals surface area contributed by atoms with Gasteiger partial charge in [-0.2, -0.15) is 4.57 Å². The van der Waals surface area contributed by atoms with Gasteiger partial charge in [-0.05, 0) is 88.9 Å². The molecule has 3 heterocycles. The van der Waals surface area contributed by atoms with Crippen LogP contribution in [0.3, 0.4) is 0 Å². The average molecular weight is 632 g/mol. The molecule has 0 spiro atoms. The molecule has 0 amide bonds. The number of para-hydroxylation sites is 2. The Kier molecular flexibility index (Phi) is 7.15. The van der Waals surface area contributed by atoms with Crippen molar-refractivity contribution in [1.29, 1.82) is 0 Å². The van der Waals surface area contributed by atoms with Gasteiger partial charge in [-0.3, -0.25) is 0 Å². The SMILES string of the molecule is Cc1ccc2c(oc3cc(-c4cccs4)ccc32)c1-c1n(-c2c(C(C)C)cc(-c3ccccc3)cc2C(C)C)c2ccccc2[n+]1C. The second-order valence-corrected chi connectivity index (χ2v) is 14.3. The molecule has 47 heavy (non-hydrogen) atoms. The quantitative estimate of drug-likeness (QED) is 0.167. The van der Waals surface area contributed by atoms with Crippen LogP contribution in [-0.2, 0) is 7.05 Å². The highest BCUT2D eigenvalue weighted by molar-refractivity contribution is 7.13. The molecule has 0 bridgehead atoms. The Morgan fingerprint density at radius 2 is 1.38 bits per heavy atom. The van der Waals surface area contributed by atoms with E-state index in [2.05, 4.69) is 165 Å². The van der Waals surface area contributed by atoms with Crippen molar-refractivity contribution in [1.82, 2.24) is 4.57 Å². The zero-order valence-corrected chi connectivity index (χ0v) is 28.7. The molecule has 0 saturated heterocycles. The van der Waals surface area contributed by atoms with Gasteiger partial charge in [0.15, 0.2) is 16.6 Å². The van der Waals surface area contributed by atoms with Gasteiger partial charge in [0, 0.05) is 26.8 Å². The van der Waals surface area contributed by atoms with E-state index in [-0.39, 0.29) is 0 Å². The second kappa shape index (κ2) is 11.4. The highest BCUT2D eigenvalue weighted by Gasteiger charge is 2.34. The van der Waals surface area contributed by atoms with Crippen LogP contribution in [-0.4, -0.2) is 4.57 Å². The Balaban J connectivity index is 1.48. The van der Waals surface area contributed by atoms with E-state index in [1.54, 1.807) is 11.3 Å². The van der Waals surface area contributed by atoms with Crippen LogP contribution in [0.5, 0.6) is 0 Å². The summed E-state index contributed by atoms with van der Waals surface area (Å²) in [5.74, 6) is 1.75.